The molecule has 1 heterocycles. The van der Waals surface area contributed by atoms with Gasteiger partial charge in [-0.25, -0.2) is 0 Å². The van der Waals surface area contributed by atoms with E-state index < -0.39 is 34.6 Å². The Hall–Kier alpha value is -3.01. The van der Waals surface area contributed by atoms with E-state index in [4.69, 9.17) is 9.84 Å². The van der Waals surface area contributed by atoms with E-state index in [1.165, 1.54) is 0 Å². The highest BCUT2D eigenvalue weighted by atomic mass is 19.4. The number of carbonyl (C=O) groups excluding carboxylic acids is 1. The van der Waals surface area contributed by atoms with Gasteiger partial charge in [-0.3, -0.25) is 9.59 Å². The van der Waals surface area contributed by atoms with Crippen LogP contribution in [0, 0.1) is 0 Å². The minimum absolute atomic E-state index is 0.0501. The number of benzene rings is 1. The predicted molar refractivity (Wildman–Crippen MR) is 93.2 cm³/mol. The first-order valence-electron chi connectivity index (χ1n) is 8.26. The first-order valence-corrected chi connectivity index (χ1v) is 8.26. The summed E-state index contributed by atoms with van der Waals surface area (Å²) in [5, 5.41) is 21.1. The largest absolute Gasteiger partial charge is 0.502 e. The smallest absolute Gasteiger partial charge is 0.431 e. The zero-order valence-corrected chi connectivity index (χ0v) is 14.9. The first kappa shape index (κ1) is 21.3. The number of aliphatic hydroxyl groups is 1. The van der Waals surface area contributed by atoms with Crippen molar-refractivity contribution in [2.45, 2.75) is 19.2 Å². The summed E-state index contributed by atoms with van der Waals surface area (Å²) in [5.74, 6) is -1.52. The van der Waals surface area contributed by atoms with Gasteiger partial charge in [-0.05, 0) is 30.2 Å². The van der Waals surface area contributed by atoms with Gasteiger partial charge in [-0.15, -0.1) is 0 Å². The normalized spacial score (nSPS) is 11.3. The summed E-state index contributed by atoms with van der Waals surface area (Å²) in [4.78, 5) is 23.8. The van der Waals surface area contributed by atoms with Crippen molar-refractivity contribution in [3.63, 3.8) is 0 Å². The molecule has 1 amide bonds. The van der Waals surface area contributed by atoms with E-state index in [1.54, 1.807) is 24.3 Å². The number of hydrogen-bond acceptors (Lipinski definition) is 5. The van der Waals surface area contributed by atoms with Crippen LogP contribution in [0.1, 0.15) is 28.0 Å². The van der Waals surface area contributed by atoms with Crippen molar-refractivity contribution in [2.75, 3.05) is 13.2 Å². The van der Waals surface area contributed by atoms with Gasteiger partial charge in [0, 0.05) is 13.6 Å². The van der Waals surface area contributed by atoms with Gasteiger partial charge >= 0.3 is 6.18 Å². The van der Waals surface area contributed by atoms with Crippen LogP contribution in [-0.2, 0) is 19.8 Å². The van der Waals surface area contributed by atoms with Crippen molar-refractivity contribution < 1.29 is 32.9 Å². The van der Waals surface area contributed by atoms with Crippen molar-refractivity contribution in [2.24, 2.45) is 7.05 Å². The Bertz CT molecular complexity index is 909. The lowest BCUT2D eigenvalue weighted by atomic mass is 10.1. The van der Waals surface area contributed by atoms with Gasteiger partial charge in [0.2, 0.25) is 0 Å². The molecule has 7 nitrogen and oxygen atoms in total. The molecule has 2 rings (SSSR count). The van der Waals surface area contributed by atoms with Crippen LogP contribution in [-0.4, -0.2) is 33.8 Å². The quantitative estimate of drug-likeness (QED) is 0.616. The third kappa shape index (κ3) is 5.03. The van der Waals surface area contributed by atoms with Crippen LogP contribution in [0.25, 0.3) is 0 Å². The van der Waals surface area contributed by atoms with Gasteiger partial charge in [0.05, 0.1) is 18.8 Å². The van der Waals surface area contributed by atoms with Crippen LogP contribution in [0.3, 0.4) is 0 Å². The highest BCUT2D eigenvalue weighted by Crippen LogP contribution is 2.30. The van der Waals surface area contributed by atoms with Gasteiger partial charge in [0.25, 0.3) is 11.5 Å². The topological polar surface area (TPSA) is 101 Å². The van der Waals surface area contributed by atoms with E-state index in [2.05, 4.69) is 5.32 Å². The van der Waals surface area contributed by atoms with Crippen LogP contribution in [0.4, 0.5) is 13.2 Å². The Kier molecular flexibility index (Phi) is 6.68. The van der Waals surface area contributed by atoms with Crippen molar-refractivity contribution in [3.8, 4) is 11.5 Å². The summed E-state index contributed by atoms with van der Waals surface area (Å²) in [6.45, 7) is 0.118. The fourth-order valence-corrected chi connectivity index (χ4v) is 2.42. The van der Waals surface area contributed by atoms with Crippen LogP contribution in [0.15, 0.2) is 35.1 Å². The molecule has 28 heavy (non-hydrogen) atoms. The SMILES string of the molecule is Cn1c(C(F)(F)F)cc(C(=O)NCCCOc2cccc(CO)c2)c(O)c1=O. The van der Waals surface area contributed by atoms with Gasteiger partial charge in [-0.1, -0.05) is 12.1 Å². The molecular weight excluding hydrogens is 381 g/mol. The highest BCUT2D eigenvalue weighted by Gasteiger charge is 2.36. The summed E-state index contributed by atoms with van der Waals surface area (Å²) >= 11 is 0. The molecule has 3 N–H and O–H groups in total. The third-order valence-electron chi connectivity index (χ3n) is 3.90. The molecule has 0 fully saturated rings. The summed E-state index contributed by atoms with van der Waals surface area (Å²) in [6.07, 6.45) is -4.53. The number of nitrogens with one attached hydrogen (secondary N) is 1. The lowest BCUT2D eigenvalue weighted by Crippen LogP contribution is -2.31. The van der Waals surface area contributed by atoms with Crippen LogP contribution in [0.2, 0.25) is 0 Å². The zero-order valence-electron chi connectivity index (χ0n) is 14.9. The highest BCUT2D eigenvalue weighted by molar-refractivity contribution is 5.96. The molecule has 152 valence electrons. The maximum absolute atomic E-state index is 13.0. The van der Waals surface area contributed by atoms with Gasteiger partial charge in [0.1, 0.15) is 11.4 Å². The standard InChI is InChI=1S/C18H19F3N2O5/c1-23-14(18(19,20)21)9-13(15(25)17(23)27)16(26)22-6-3-7-28-12-5-2-4-11(8-12)10-24/h2,4-5,8-9,24-25H,3,6-7,10H2,1H3,(H,22,26). The molecule has 0 bridgehead atoms. The lowest BCUT2D eigenvalue weighted by molar-refractivity contribution is -0.143. The number of hydrogen-bond donors (Lipinski definition) is 3. The van der Waals surface area contributed by atoms with Crippen molar-refractivity contribution in [1.29, 1.82) is 0 Å². The number of aliphatic hydroxyl groups excluding tert-OH is 1. The molecule has 0 unspecified atom stereocenters. The maximum atomic E-state index is 13.0. The Morgan fingerprint density at radius 1 is 1.29 bits per heavy atom. The molecule has 0 spiro atoms. The van der Waals surface area contributed by atoms with Gasteiger partial charge < -0.3 is 24.8 Å². The average molecular weight is 400 g/mol. The Morgan fingerprint density at radius 2 is 2.00 bits per heavy atom. The van der Waals surface area contributed by atoms with E-state index in [9.17, 15) is 27.9 Å². The molecule has 0 aliphatic rings. The molecule has 0 saturated carbocycles. The zero-order chi connectivity index (χ0) is 20.9. The van der Waals surface area contributed by atoms with Crippen LogP contribution < -0.4 is 15.6 Å². The van der Waals surface area contributed by atoms with Gasteiger partial charge in [0.15, 0.2) is 5.75 Å². The molecule has 2 aromatic rings. The molecule has 0 atom stereocenters. The number of ether oxygens (including phenoxy) is 1. The third-order valence-corrected chi connectivity index (χ3v) is 3.90. The van der Waals surface area contributed by atoms with Crippen LogP contribution >= 0.6 is 0 Å². The molecule has 1 aromatic carbocycles. The van der Waals surface area contributed by atoms with E-state index in [-0.39, 0.29) is 24.3 Å². The molecule has 1 aromatic heterocycles. The van der Waals surface area contributed by atoms with Crippen molar-refractivity contribution in [3.05, 3.63) is 57.5 Å². The summed E-state index contributed by atoms with van der Waals surface area (Å²) in [7, 11) is 0.857. The number of aromatic hydroxyl groups is 1. The number of pyridine rings is 1. The Labute approximate surface area is 158 Å². The first-order chi connectivity index (χ1) is 13.1. The summed E-state index contributed by atoms with van der Waals surface area (Å²) in [5.41, 5.74) is -2.72. The molecular formula is C18H19F3N2O5. The van der Waals surface area contributed by atoms with E-state index in [0.717, 1.165) is 7.05 Å². The number of nitrogens with zero attached hydrogens (tertiary/aromatic N) is 1. The molecule has 0 aliphatic heterocycles. The van der Waals surface area contributed by atoms with E-state index in [1.807, 2.05) is 0 Å². The second kappa shape index (κ2) is 8.79. The summed E-state index contributed by atoms with van der Waals surface area (Å²) < 4.78 is 44.6. The number of aromatic nitrogens is 1. The van der Waals surface area contributed by atoms with E-state index >= 15 is 0 Å². The fraction of sp³-hybridized carbons (Fsp3) is 0.333. The molecule has 0 saturated heterocycles. The molecule has 10 heteroatoms. The minimum atomic E-state index is -4.85. The Morgan fingerprint density at radius 3 is 2.64 bits per heavy atom. The van der Waals surface area contributed by atoms with Crippen molar-refractivity contribution in [1.82, 2.24) is 9.88 Å². The molecule has 0 radical (unpaired) electrons. The minimum Gasteiger partial charge on any atom is -0.502 e. The van der Waals surface area contributed by atoms with Crippen LogP contribution in [0.5, 0.6) is 11.5 Å². The number of amides is 1. The average Bonchev–Trinajstić information content (AvgIpc) is 2.65. The number of rotatable bonds is 7. The lowest BCUT2D eigenvalue weighted by Gasteiger charge is -2.14. The fourth-order valence-electron chi connectivity index (χ4n) is 2.42. The number of carbonyl (C=O) groups is 1. The predicted octanol–water partition coefficient (Wildman–Crippen LogP) is 1.80. The second-order valence-corrected chi connectivity index (χ2v) is 5.92. The maximum Gasteiger partial charge on any atom is 0.431 e. The van der Waals surface area contributed by atoms with E-state index in [0.29, 0.717) is 23.8 Å². The number of halogens is 3. The Balaban J connectivity index is 1.96. The van der Waals surface area contributed by atoms with Gasteiger partial charge in [-0.2, -0.15) is 13.2 Å². The monoisotopic (exact) mass is 400 g/mol. The molecule has 0 aliphatic carbocycles. The second-order valence-electron chi connectivity index (χ2n) is 5.92. The van der Waals surface area contributed by atoms with Crippen molar-refractivity contribution >= 4 is 5.91 Å². The number of alkyl halides is 3. The summed E-state index contributed by atoms with van der Waals surface area (Å²) in [6, 6.07) is 7.20.